The number of primary amides is 1. The molecule has 0 heterocycles. The van der Waals surface area contributed by atoms with Crippen molar-refractivity contribution in [1.82, 2.24) is 5.32 Å². The molecule has 0 unspecified atom stereocenters. The van der Waals surface area contributed by atoms with Gasteiger partial charge in [-0.15, -0.1) is 0 Å². The summed E-state index contributed by atoms with van der Waals surface area (Å²) in [6, 6.07) is 6.72. The highest BCUT2D eigenvalue weighted by atomic mass is 16.2. The van der Waals surface area contributed by atoms with Crippen molar-refractivity contribution in [1.29, 1.82) is 0 Å². The Hall–Kier alpha value is -2.10. The number of nitrogens with one attached hydrogen (secondary N) is 1. The molecule has 0 aliphatic heterocycles. The summed E-state index contributed by atoms with van der Waals surface area (Å²) in [7, 11) is 0. The number of carbonyl (C=O) groups is 2. The standard InChI is InChI=1S/C18H26N2O2/c1-12(2)6-11-15(16(19)21)20-17(22)13-7-9-14(10-8-13)18(3,4)5/h6-10,15H,11H2,1-5H3,(H2,19,21)(H,20,22)/t15-/m1/s1. The van der Waals surface area contributed by atoms with Crippen LogP contribution >= 0.6 is 0 Å². The molecule has 0 aliphatic carbocycles. The third kappa shape index (κ3) is 5.35. The van der Waals surface area contributed by atoms with Gasteiger partial charge in [0.2, 0.25) is 5.91 Å². The van der Waals surface area contributed by atoms with Crippen molar-refractivity contribution < 1.29 is 9.59 Å². The van der Waals surface area contributed by atoms with Crippen LogP contribution in [0.3, 0.4) is 0 Å². The molecule has 0 radical (unpaired) electrons. The van der Waals surface area contributed by atoms with Crippen molar-refractivity contribution in [2.75, 3.05) is 0 Å². The van der Waals surface area contributed by atoms with Crippen LogP contribution in [0.1, 0.15) is 57.0 Å². The van der Waals surface area contributed by atoms with Crippen LogP contribution in [-0.4, -0.2) is 17.9 Å². The Morgan fingerprint density at radius 2 is 1.73 bits per heavy atom. The van der Waals surface area contributed by atoms with E-state index >= 15 is 0 Å². The third-order valence-electron chi connectivity index (χ3n) is 3.42. The number of benzene rings is 1. The van der Waals surface area contributed by atoms with E-state index < -0.39 is 11.9 Å². The van der Waals surface area contributed by atoms with Gasteiger partial charge in [0, 0.05) is 5.56 Å². The van der Waals surface area contributed by atoms with E-state index in [0.717, 1.165) is 11.1 Å². The fourth-order valence-electron chi connectivity index (χ4n) is 1.96. The maximum Gasteiger partial charge on any atom is 0.251 e. The molecule has 0 bridgehead atoms. The fourth-order valence-corrected chi connectivity index (χ4v) is 1.96. The molecule has 0 aromatic heterocycles. The Morgan fingerprint density at radius 1 is 1.18 bits per heavy atom. The smallest absolute Gasteiger partial charge is 0.251 e. The van der Waals surface area contributed by atoms with Gasteiger partial charge in [-0.1, -0.05) is 44.6 Å². The molecule has 1 rings (SSSR count). The second kappa shape index (κ2) is 7.25. The van der Waals surface area contributed by atoms with E-state index in [1.807, 2.05) is 32.1 Å². The zero-order valence-corrected chi connectivity index (χ0v) is 14.1. The molecular weight excluding hydrogens is 276 g/mol. The van der Waals surface area contributed by atoms with Crippen LogP contribution in [-0.2, 0) is 10.2 Å². The molecule has 0 aliphatic rings. The highest BCUT2D eigenvalue weighted by Gasteiger charge is 2.19. The van der Waals surface area contributed by atoms with E-state index in [0.29, 0.717) is 12.0 Å². The number of nitrogens with two attached hydrogens (primary N) is 1. The lowest BCUT2D eigenvalue weighted by Gasteiger charge is -2.19. The zero-order valence-electron chi connectivity index (χ0n) is 14.1. The number of carbonyl (C=O) groups excluding carboxylic acids is 2. The fraction of sp³-hybridized carbons (Fsp3) is 0.444. The van der Waals surface area contributed by atoms with Crippen molar-refractivity contribution in [3.63, 3.8) is 0 Å². The van der Waals surface area contributed by atoms with Gasteiger partial charge in [0.15, 0.2) is 0 Å². The van der Waals surface area contributed by atoms with Gasteiger partial charge in [0.25, 0.3) is 5.91 Å². The van der Waals surface area contributed by atoms with E-state index in [4.69, 9.17) is 5.73 Å². The maximum atomic E-state index is 12.2. The summed E-state index contributed by atoms with van der Waals surface area (Å²) in [4.78, 5) is 23.7. The Kier molecular flexibility index (Phi) is 5.92. The van der Waals surface area contributed by atoms with E-state index in [-0.39, 0.29) is 11.3 Å². The van der Waals surface area contributed by atoms with Crippen molar-refractivity contribution in [3.8, 4) is 0 Å². The SMILES string of the molecule is CC(C)=CC[C@@H](NC(=O)c1ccc(C(C)(C)C)cc1)C(N)=O. The highest BCUT2D eigenvalue weighted by molar-refractivity contribution is 5.97. The molecule has 1 atom stereocenters. The number of hydrogen-bond acceptors (Lipinski definition) is 2. The van der Waals surface area contributed by atoms with Gasteiger partial charge in [-0.05, 0) is 43.4 Å². The molecular formula is C18H26N2O2. The average molecular weight is 302 g/mol. The molecule has 1 aromatic rings. The lowest BCUT2D eigenvalue weighted by atomic mass is 9.86. The number of rotatable bonds is 5. The molecule has 1 aromatic carbocycles. The molecule has 4 nitrogen and oxygen atoms in total. The van der Waals surface area contributed by atoms with Crippen LogP contribution in [0.4, 0.5) is 0 Å². The van der Waals surface area contributed by atoms with Gasteiger partial charge in [-0.3, -0.25) is 9.59 Å². The molecule has 3 N–H and O–H groups in total. The van der Waals surface area contributed by atoms with Crippen molar-refractivity contribution in [2.24, 2.45) is 5.73 Å². The molecule has 4 heteroatoms. The first-order valence-electron chi connectivity index (χ1n) is 7.45. The van der Waals surface area contributed by atoms with Gasteiger partial charge in [-0.25, -0.2) is 0 Å². The molecule has 0 fully saturated rings. The number of amides is 2. The van der Waals surface area contributed by atoms with Crippen LogP contribution in [0.25, 0.3) is 0 Å². The van der Waals surface area contributed by atoms with E-state index in [1.54, 1.807) is 12.1 Å². The predicted molar refractivity (Wildman–Crippen MR) is 89.6 cm³/mol. The Bertz CT molecular complexity index is 562. The molecule has 0 saturated carbocycles. The largest absolute Gasteiger partial charge is 0.368 e. The minimum absolute atomic E-state index is 0.0359. The van der Waals surface area contributed by atoms with Crippen molar-refractivity contribution in [2.45, 2.75) is 52.5 Å². The summed E-state index contributed by atoms with van der Waals surface area (Å²) in [5.41, 5.74) is 8.14. The molecule has 0 spiro atoms. The predicted octanol–water partition coefficient (Wildman–Crippen LogP) is 2.92. The van der Waals surface area contributed by atoms with Crippen LogP contribution < -0.4 is 11.1 Å². The summed E-state index contributed by atoms with van der Waals surface area (Å²) in [5.74, 6) is -0.816. The summed E-state index contributed by atoms with van der Waals surface area (Å²) in [6.45, 7) is 10.2. The molecule has 2 amide bonds. The highest BCUT2D eigenvalue weighted by Crippen LogP contribution is 2.22. The summed E-state index contributed by atoms with van der Waals surface area (Å²) < 4.78 is 0. The summed E-state index contributed by atoms with van der Waals surface area (Å²) >= 11 is 0. The molecule has 0 saturated heterocycles. The van der Waals surface area contributed by atoms with Gasteiger partial charge < -0.3 is 11.1 Å². The third-order valence-corrected chi connectivity index (χ3v) is 3.42. The van der Waals surface area contributed by atoms with Gasteiger partial charge in [0.1, 0.15) is 6.04 Å². The van der Waals surface area contributed by atoms with Crippen molar-refractivity contribution in [3.05, 3.63) is 47.0 Å². The maximum absolute atomic E-state index is 12.2. The van der Waals surface area contributed by atoms with E-state index in [2.05, 4.69) is 26.1 Å². The Labute approximate surface area is 132 Å². The molecule has 22 heavy (non-hydrogen) atoms. The first kappa shape index (κ1) is 18.0. The normalized spacial score (nSPS) is 12.4. The summed E-state index contributed by atoms with van der Waals surface area (Å²) in [6.07, 6.45) is 2.29. The first-order valence-corrected chi connectivity index (χ1v) is 7.45. The van der Waals surface area contributed by atoms with Gasteiger partial charge in [0.05, 0.1) is 0 Å². The van der Waals surface area contributed by atoms with Crippen molar-refractivity contribution >= 4 is 11.8 Å². The second-order valence-electron chi connectivity index (χ2n) is 6.77. The number of hydrogen-bond donors (Lipinski definition) is 2. The minimum Gasteiger partial charge on any atom is -0.368 e. The van der Waals surface area contributed by atoms with Crippen LogP contribution in [0.2, 0.25) is 0 Å². The lowest BCUT2D eigenvalue weighted by molar-refractivity contribution is -0.119. The van der Waals surface area contributed by atoms with Gasteiger partial charge >= 0.3 is 0 Å². The topological polar surface area (TPSA) is 72.2 Å². The van der Waals surface area contributed by atoms with E-state index in [1.165, 1.54) is 0 Å². The quantitative estimate of drug-likeness (QED) is 0.821. The summed E-state index contributed by atoms with van der Waals surface area (Å²) in [5, 5.41) is 2.69. The van der Waals surface area contributed by atoms with E-state index in [9.17, 15) is 9.59 Å². The number of allylic oxidation sites excluding steroid dienone is 1. The Balaban J connectivity index is 2.82. The average Bonchev–Trinajstić information content (AvgIpc) is 2.41. The van der Waals surface area contributed by atoms with Crippen LogP contribution in [0.5, 0.6) is 0 Å². The Morgan fingerprint density at radius 3 is 2.14 bits per heavy atom. The van der Waals surface area contributed by atoms with Crippen LogP contribution in [0.15, 0.2) is 35.9 Å². The minimum atomic E-state index is -0.690. The molecule has 120 valence electrons. The second-order valence-corrected chi connectivity index (χ2v) is 6.77. The first-order chi connectivity index (χ1) is 10.1. The zero-order chi connectivity index (χ0) is 16.9. The lowest BCUT2D eigenvalue weighted by Crippen LogP contribution is -2.44. The monoisotopic (exact) mass is 302 g/mol. The van der Waals surface area contributed by atoms with Gasteiger partial charge in [-0.2, -0.15) is 0 Å². The van der Waals surface area contributed by atoms with Crippen LogP contribution in [0, 0.1) is 0 Å².